The molecule has 0 amide bonds. The first kappa shape index (κ1) is 15.6. The number of carboxylic acids is 1. The number of carbonyl (C=O) groups is 1. The lowest BCUT2D eigenvalue weighted by molar-refractivity contribution is 0.0685. The second kappa shape index (κ2) is 6.10. The van der Waals surface area contributed by atoms with Crippen LogP contribution in [-0.2, 0) is 10.0 Å². The van der Waals surface area contributed by atoms with Gasteiger partial charge in [-0.15, -0.1) is 0 Å². The fourth-order valence-electron chi connectivity index (χ4n) is 2.64. The van der Waals surface area contributed by atoms with Gasteiger partial charge in [0.05, 0.1) is 0 Å². The lowest BCUT2D eigenvalue weighted by Crippen LogP contribution is -2.28. The van der Waals surface area contributed by atoms with Gasteiger partial charge in [-0.25, -0.2) is 22.9 Å². The molecule has 0 unspecified atom stereocenters. The molecule has 1 fully saturated rings. The second-order valence-corrected chi connectivity index (χ2v) is 7.26. The molecule has 1 aliphatic rings. The molecule has 0 radical (unpaired) electrons. The predicted octanol–water partition coefficient (Wildman–Crippen LogP) is 1.86. The number of carboxylic acid groups (broad SMARTS) is 1. The average molecular weight is 332 g/mol. The number of nitrogens with one attached hydrogen (secondary N) is 1. The van der Waals surface area contributed by atoms with Gasteiger partial charge in [-0.3, -0.25) is 0 Å². The zero-order chi connectivity index (χ0) is 16.4. The topological polar surface area (TPSA) is 96.4 Å². The van der Waals surface area contributed by atoms with Crippen molar-refractivity contribution in [2.75, 3.05) is 6.54 Å². The number of hydrogen-bond donors (Lipinski definition) is 2. The summed E-state index contributed by atoms with van der Waals surface area (Å²) in [5.41, 5.74) is 0.736. The van der Waals surface area contributed by atoms with Crippen LogP contribution in [-0.4, -0.2) is 31.0 Å². The zero-order valence-corrected chi connectivity index (χ0v) is 13.0. The highest BCUT2D eigenvalue weighted by Crippen LogP contribution is 2.46. The van der Waals surface area contributed by atoms with Crippen LogP contribution in [0.25, 0.3) is 0 Å². The summed E-state index contributed by atoms with van der Waals surface area (Å²) in [6.45, 7) is 0.288. The van der Waals surface area contributed by atoms with E-state index >= 15 is 0 Å². The maximum Gasteiger partial charge on any atom is 0.355 e. The van der Waals surface area contributed by atoms with Gasteiger partial charge in [0, 0.05) is 12.7 Å². The van der Waals surface area contributed by atoms with Crippen molar-refractivity contribution < 1.29 is 18.3 Å². The van der Waals surface area contributed by atoms with Gasteiger partial charge in [0.2, 0.25) is 10.0 Å². The van der Waals surface area contributed by atoms with E-state index in [1.807, 2.05) is 30.3 Å². The van der Waals surface area contributed by atoms with Gasteiger partial charge in [-0.05, 0) is 36.0 Å². The SMILES string of the molecule is O=C(O)c1ncccc1S(=O)(=O)NC[C@@H]1C[C@H]1c1ccccc1. The molecule has 1 aliphatic carbocycles. The van der Waals surface area contributed by atoms with Crippen LogP contribution in [0.4, 0.5) is 0 Å². The lowest BCUT2D eigenvalue weighted by atomic mass is 10.1. The molecule has 0 spiro atoms. The smallest absolute Gasteiger partial charge is 0.355 e. The molecule has 2 atom stereocenters. The van der Waals surface area contributed by atoms with Gasteiger partial charge in [-0.2, -0.15) is 0 Å². The minimum atomic E-state index is -3.89. The van der Waals surface area contributed by atoms with E-state index in [9.17, 15) is 13.2 Å². The fraction of sp³-hybridized carbons (Fsp3) is 0.250. The fourth-order valence-corrected chi connectivity index (χ4v) is 3.89. The van der Waals surface area contributed by atoms with Crippen molar-refractivity contribution >= 4 is 16.0 Å². The van der Waals surface area contributed by atoms with Crippen LogP contribution in [0, 0.1) is 5.92 Å². The molecule has 2 N–H and O–H groups in total. The summed E-state index contributed by atoms with van der Waals surface area (Å²) >= 11 is 0. The summed E-state index contributed by atoms with van der Waals surface area (Å²) in [6.07, 6.45) is 2.18. The van der Waals surface area contributed by atoms with Gasteiger partial charge < -0.3 is 5.11 Å². The molecule has 1 heterocycles. The molecular formula is C16H16N2O4S. The standard InChI is InChI=1S/C16H16N2O4S/c19-16(20)15-14(7-4-8-17-15)23(21,22)18-10-12-9-13(12)11-5-2-1-3-6-11/h1-8,12-13,18H,9-10H2,(H,19,20)/t12-,13-/m0/s1. The highest BCUT2D eigenvalue weighted by molar-refractivity contribution is 7.89. The maximum absolute atomic E-state index is 12.3. The van der Waals surface area contributed by atoms with E-state index in [1.54, 1.807) is 0 Å². The quantitative estimate of drug-likeness (QED) is 0.842. The summed E-state index contributed by atoms with van der Waals surface area (Å²) in [5, 5.41) is 9.05. The molecule has 3 rings (SSSR count). The predicted molar refractivity (Wildman–Crippen MR) is 83.7 cm³/mol. The number of aromatic carboxylic acids is 1. The average Bonchev–Trinajstić information content (AvgIpc) is 3.34. The summed E-state index contributed by atoms with van der Waals surface area (Å²) in [4.78, 5) is 14.4. The van der Waals surface area contributed by atoms with Crippen molar-refractivity contribution in [1.29, 1.82) is 0 Å². The molecule has 1 saturated carbocycles. The maximum atomic E-state index is 12.3. The number of hydrogen-bond acceptors (Lipinski definition) is 4. The first-order chi connectivity index (χ1) is 11.0. The van der Waals surface area contributed by atoms with E-state index < -0.39 is 21.7 Å². The van der Waals surface area contributed by atoms with Crippen LogP contribution < -0.4 is 4.72 Å². The minimum absolute atomic E-state index is 0.233. The Balaban J connectivity index is 1.68. The number of sulfonamides is 1. The second-order valence-electron chi connectivity index (χ2n) is 5.52. The number of nitrogens with zero attached hydrogens (tertiary/aromatic N) is 1. The monoisotopic (exact) mass is 332 g/mol. The molecule has 0 bridgehead atoms. The Labute approximate surface area is 134 Å². The molecule has 2 aromatic rings. The Morgan fingerprint density at radius 2 is 1.96 bits per heavy atom. The van der Waals surface area contributed by atoms with Crippen LogP contribution in [0.5, 0.6) is 0 Å². The first-order valence-corrected chi connectivity index (χ1v) is 8.70. The van der Waals surface area contributed by atoms with E-state index in [1.165, 1.54) is 23.9 Å². The van der Waals surface area contributed by atoms with E-state index in [4.69, 9.17) is 5.11 Å². The molecule has 6 nitrogen and oxygen atoms in total. The molecule has 23 heavy (non-hydrogen) atoms. The highest BCUT2D eigenvalue weighted by Gasteiger charge is 2.39. The van der Waals surface area contributed by atoms with E-state index in [0.717, 1.165) is 6.42 Å². The van der Waals surface area contributed by atoms with Gasteiger partial charge in [0.25, 0.3) is 0 Å². The van der Waals surface area contributed by atoms with Crippen LogP contribution in [0.2, 0.25) is 0 Å². The van der Waals surface area contributed by atoms with Gasteiger partial charge >= 0.3 is 5.97 Å². The van der Waals surface area contributed by atoms with E-state index in [0.29, 0.717) is 5.92 Å². The number of benzene rings is 1. The van der Waals surface area contributed by atoms with Crippen LogP contribution in [0.1, 0.15) is 28.4 Å². The van der Waals surface area contributed by atoms with Crippen LogP contribution in [0.3, 0.4) is 0 Å². The van der Waals surface area contributed by atoms with E-state index in [-0.39, 0.29) is 17.4 Å². The van der Waals surface area contributed by atoms with Gasteiger partial charge in [-0.1, -0.05) is 30.3 Å². The molecule has 1 aromatic heterocycles. The number of aromatic nitrogens is 1. The minimum Gasteiger partial charge on any atom is -0.476 e. The van der Waals surface area contributed by atoms with Crippen molar-refractivity contribution in [3.63, 3.8) is 0 Å². The summed E-state index contributed by atoms with van der Waals surface area (Å²) in [6, 6.07) is 12.6. The molecule has 120 valence electrons. The third kappa shape index (κ3) is 3.40. The van der Waals surface area contributed by atoms with Crippen LogP contribution in [0.15, 0.2) is 53.6 Å². The Morgan fingerprint density at radius 3 is 2.65 bits per heavy atom. The summed E-state index contributed by atoms with van der Waals surface area (Å²) in [7, 11) is -3.89. The molecule has 1 aromatic carbocycles. The van der Waals surface area contributed by atoms with Crippen molar-refractivity contribution in [2.45, 2.75) is 17.2 Å². The van der Waals surface area contributed by atoms with Crippen molar-refractivity contribution in [3.8, 4) is 0 Å². The third-order valence-electron chi connectivity index (χ3n) is 3.95. The summed E-state index contributed by atoms with van der Waals surface area (Å²) < 4.78 is 27.1. The lowest BCUT2D eigenvalue weighted by Gasteiger charge is -2.08. The number of pyridine rings is 1. The normalized spacial score (nSPS) is 20.2. The molecule has 7 heteroatoms. The van der Waals surface area contributed by atoms with E-state index in [2.05, 4.69) is 9.71 Å². The molecule has 0 aliphatic heterocycles. The largest absolute Gasteiger partial charge is 0.476 e. The Kier molecular flexibility index (Phi) is 4.14. The zero-order valence-electron chi connectivity index (χ0n) is 12.2. The van der Waals surface area contributed by atoms with Gasteiger partial charge in [0.15, 0.2) is 5.69 Å². The van der Waals surface area contributed by atoms with Gasteiger partial charge in [0.1, 0.15) is 4.90 Å². The number of rotatable bonds is 6. The van der Waals surface area contributed by atoms with Crippen molar-refractivity contribution in [3.05, 3.63) is 59.9 Å². The summed E-state index contributed by atoms with van der Waals surface area (Å²) in [5.74, 6) is -0.775. The molecular weight excluding hydrogens is 316 g/mol. The first-order valence-electron chi connectivity index (χ1n) is 7.22. The third-order valence-corrected chi connectivity index (χ3v) is 5.40. The molecule has 0 saturated heterocycles. The Morgan fingerprint density at radius 1 is 1.22 bits per heavy atom. The van der Waals surface area contributed by atoms with Crippen LogP contribution >= 0.6 is 0 Å². The highest BCUT2D eigenvalue weighted by atomic mass is 32.2. The van der Waals surface area contributed by atoms with Crippen molar-refractivity contribution in [1.82, 2.24) is 9.71 Å². The Bertz CT molecular complexity index is 821. The Hall–Kier alpha value is -2.25. The van der Waals surface area contributed by atoms with Crippen molar-refractivity contribution in [2.24, 2.45) is 5.92 Å².